The molecule has 4 heteroatoms. The van der Waals surface area contributed by atoms with Gasteiger partial charge in [0.05, 0.1) is 9.81 Å². The number of rotatable bonds is 4. The monoisotopic (exact) mass is 318 g/mol. The van der Waals surface area contributed by atoms with Gasteiger partial charge in [-0.3, -0.25) is 9.59 Å². The molecular weight excluding hydrogens is 300 g/mol. The van der Waals surface area contributed by atoms with E-state index in [2.05, 4.69) is 0 Å². The molecule has 1 saturated heterocycles. The molecule has 21 heavy (non-hydrogen) atoms. The second kappa shape index (κ2) is 8.25. The second-order valence-corrected chi connectivity index (χ2v) is 7.20. The van der Waals surface area contributed by atoms with E-state index in [4.69, 9.17) is 0 Å². The summed E-state index contributed by atoms with van der Waals surface area (Å²) < 4.78 is 0.891. The Morgan fingerprint density at radius 3 is 2.24 bits per heavy atom. The van der Waals surface area contributed by atoms with Crippen LogP contribution in [0.25, 0.3) is 6.08 Å². The van der Waals surface area contributed by atoms with Gasteiger partial charge in [-0.25, -0.2) is 0 Å². The first kappa shape index (κ1) is 16.1. The van der Waals surface area contributed by atoms with Crippen LogP contribution in [0.5, 0.6) is 0 Å². The first-order chi connectivity index (χ1) is 10.2. The molecule has 1 heterocycles. The minimum Gasteiger partial charge on any atom is -0.294 e. The smallest absolute Gasteiger partial charge is 0.191 e. The fourth-order valence-electron chi connectivity index (χ4n) is 1.96. The molecule has 0 aliphatic carbocycles. The van der Waals surface area contributed by atoms with Gasteiger partial charge in [0.1, 0.15) is 0 Å². The van der Waals surface area contributed by atoms with E-state index in [0.717, 1.165) is 34.1 Å². The molecule has 0 radical (unpaired) electrons. The molecular formula is C17H18O2S2. The van der Waals surface area contributed by atoms with Crippen molar-refractivity contribution in [1.82, 2.24) is 0 Å². The number of hydrogen-bond acceptors (Lipinski definition) is 4. The molecule has 0 aromatic heterocycles. The van der Waals surface area contributed by atoms with Crippen molar-refractivity contribution >= 4 is 41.2 Å². The Morgan fingerprint density at radius 1 is 1.05 bits per heavy atom. The van der Waals surface area contributed by atoms with Crippen LogP contribution in [0.2, 0.25) is 0 Å². The first-order valence-electron chi connectivity index (χ1n) is 6.97. The quantitative estimate of drug-likeness (QED) is 0.470. The normalized spacial score (nSPS) is 15.8. The van der Waals surface area contributed by atoms with Crippen LogP contribution in [0.1, 0.15) is 25.3 Å². The highest BCUT2D eigenvalue weighted by atomic mass is 32.2. The van der Waals surface area contributed by atoms with E-state index < -0.39 is 0 Å². The van der Waals surface area contributed by atoms with Gasteiger partial charge in [-0.05, 0) is 42.9 Å². The summed E-state index contributed by atoms with van der Waals surface area (Å²) in [6.45, 7) is 1.47. The minimum atomic E-state index is -0.191. The van der Waals surface area contributed by atoms with E-state index in [9.17, 15) is 9.59 Å². The highest BCUT2D eigenvalue weighted by molar-refractivity contribution is 8.22. The first-order valence-corrected chi connectivity index (χ1v) is 8.94. The molecule has 0 amide bonds. The molecule has 2 rings (SSSR count). The van der Waals surface area contributed by atoms with Crippen LogP contribution in [-0.2, 0) is 9.59 Å². The van der Waals surface area contributed by atoms with Crippen LogP contribution in [-0.4, -0.2) is 23.1 Å². The highest BCUT2D eigenvalue weighted by Gasteiger charge is 2.20. The molecule has 1 aromatic rings. The Kier molecular flexibility index (Phi) is 6.33. The summed E-state index contributed by atoms with van der Waals surface area (Å²) in [6, 6.07) is 9.64. The molecule has 0 bridgehead atoms. The van der Waals surface area contributed by atoms with Crippen LogP contribution < -0.4 is 0 Å². The summed E-state index contributed by atoms with van der Waals surface area (Å²) in [5.41, 5.74) is 1.30. The van der Waals surface area contributed by atoms with E-state index in [-0.39, 0.29) is 11.6 Å². The minimum absolute atomic E-state index is 0.144. The Morgan fingerprint density at radius 2 is 1.67 bits per heavy atom. The average Bonchev–Trinajstić information content (AvgIpc) is 2.75. The summed E-state index contributed by atoms with van der Waals surface area (Å²) in [6.07, 6.45) is 5.55. The molecule has 110 valence electrons. The molecule has 0 saturated carbocycles. The van der Waals surface area contributed by atoms with Crippen molar-refractivity contribution in [3.8, 4) is 0 Å². The zero-order valence-corrected chi connectivity index (χ0v) is 13.6. The van der Waals surface area contributed by atoms with Gasteiger partial charge in [0, 0.05) is 0 Å². The van der Waals surface area contributed by atoms with Gasteiger partial charge in [0.15, 0.2) is 11.6 Å². The summed E-state index contributed by atoms with van der Waals surface area (Å²) in [5.74, 6) is 1.63. The third-order valence-electron chi connectivity index (χ3n) is 3.03. The molecule has 0 N–H and O–H groups in total. The largest absolute Gasteiger partial charge is 0.294 e. The number of carbonyl (C=O) groups excluding carboxylic acids is 2. The molecule has 0 unspecified atom stereocenters. The van der Waals surface area contributed by atoms with Crippen molar-refractivity contribution in [3.05, 3.63) is 51.8 Å². The van der Waals surface area contributed by atoms with Crippen LogP contribution in [0.15, 0.2) is 46.2 Å². The van der Waals surface area contributed by atoms with E-state index in [1.54, 1.807) is 29.6 Å². The van der Waals surface area contributed by atoms with Crippen molar-refractivity contribution < 1.29 is 9.59 Å². The van der Waals surface area contributed by atoms with Gasteiger partial charge in [-0.1, -0.05) is 36.4 Å². The third kappa shape index (κ3) is 4.90. The van der Waals surface area contributed by atoms with Crippen molar-refractivity contribution in [2.75, 3.05) is 11.5 Å². The lowest BCUT2D eigenvalue weighted by atomic mass is 10.1. The van der Waals surface area contributed by atoms with Crippen molar-refractivity contribution in [3.63, 3.8) is 0 Å². The summed E-state index contributed by atoms with van der Waals surface area (Å²) in [4.78, 5) is 24.2. The molecule has 1 aromatic carbocycles. The summed E-state index contributed by atoms with van der Waals surface area (Å²) in [5, 5.41) is 0. The Balaban J connectivity index is 2.21. The maximum Gasteiger partial charge on any atom is 0.191 e. The second-order valence-electron chi connectivity index (χ2n) is 4.73. The maximum absolute atomic E-state index is 12.4. The van der Waals surface area contributed by atoms with Crippen LogP contribution in [0, 0.1) is 0 Å². The standard InChI is InChI=1S/C17H18O2S2/c1-13(18)16(17-20-11-5-6-12-21-17)15(19)10-9-14-7-3-2-4-8-14/h2-4,7-10H,5-6,11-12H2,1H3/b10-9+. The van der Waals surface area contributed by atoms with Crippen LogP contribution >= 0.6 is 23.5 Å². The molecule has 0 spiro atoms. The maximum atomic E-state index is 12.4. The predicted octanol–water partition coefficient (Wildman–Crippen LogP) is 4.33. The number of allylic oxidation sites excluding steroid dienone is 2. The zero-order valence-electron chi connectivity index (χ0n) is 12.0. The van der Waals surface area contributed by atoms with E-state index in [1.807, 2.05) is 30.3 Å². The van der Waals surface area contributed by atoms with Crippen molar-refractivity contribution in [2.24, 2.45) is 0 Å². The van der Waals surface area contributed by atoms with E-state index >= 15 is 0 Å². The van der Waals surface area contributed by atoms with Gasteiger partial charge >= 0.3 is 0 Å². The van der Waals surface area contributed by atoms with E-state index in [0.29, 0.717) is 5.57 Å². The number of Topliss-reactive ketones (excluding diaryl/α,β-unsaturated/α-hetero) is 1. The fourth-order valence-corrected chi connectivity index (χ4v) is 4.64. The Hall–Kier alpha value is -1.26. The highest BCUT2D eigenvalue weighted by Crippen LogP contribution is 2.36. The van der Waals surface area contributed by atoms with Crippen molar-refractivity contribution in [1.29, 1.82) is 0 Å². The summed E-state index contributed by atoms with van der Waals surface area (Å²) >= 11 is 3.28. The van der Waals surface area contributed by atoms with Gasteiger partial charge in [0.25, 0.3) is 0 Å². The number of ketones is 2. The lowest BCUT2D eigenvalue weighted by Gasteiger charge is -2.07. The predicted molar refractivity (Wildman–Crippen MR) is 92.3 cm³/mol. The number of carbonyl (C=O) groups is 2. The Bertz CT molecular complexity index is 564. The third-order valence-corrected chi connectivity index (χ3v) is 5.66. The fraction of sp³-hybridized carbons (Fsp3) is 0.294. The molecule has 1 fully saturated rings. The van der Waals surface area contributed by atoms with Gasteiger partial charge < -0.3 is 0 Å². The van der Waals surface area contributed by atoms with E-state index in [1.165, 1.54) is 13.0 Å². The van der Waals surface area contributed by atoms with Gasteiger partial charge in [0.2, 0.25) is 0 Å². The topological polar surface area (TPSA) is 34.1 Å². The Labute approximate surface area is 134 Å². The van der Waals surface area contributed by atoms with Crippen LogP contribution in [0.4, 0.5) is 0 Å². The van der Waals surface area contributed by atoms with Gasteiger partial charge in [-0.2, -0.15) is 0 Å². The number of hydrogen-bond donors (Lipinski definition) is 0. The van der Waals surface area contributed by atoms with Gasteiger partial charge in [-0.15, -0.1) is 23.5 Å². The molecule has 1 aliphatic heterocycles. The molecule has 1 aliphatic rings. The lowest BCUT2D eigenvalue weighted by molar-refractivity contribution is -0.118. The zero-order chi connectivity index (χ0) is 15.1. The number of benzene rings is 1. The lowest BCUT2D eigenvalue weighted by Crippen LogP contribution is -2.09. The van der Waals surface area contributed by atoms with Crippen molar-refractivity contribution in [2.45, 2.75) is 19.8 Å². The summed E-state index contributed by atoms with van der Waals surface area (Å²) in [7, 11) is 0. The van der Waals surface area contributed by atoms with Crippen LogP contribution in [0.3, 0.4) is 0 Å². The molecule has 2 nitrogen and oxygen atoms in total. The SMILES string of the molecule is CC(=O)C(C(=O)/C=C/c1ccccc1)=C1SCCCCS1. The molecule has 0 atom stereocenters. The average molecular weight is 318 g/mol. The number of thioether (sulfide) groups is 2.